The summed E-state index contributed by atoms with van der Waals surface area (Å²) < 4.78 is 50.9. The number of aromatic nitrogens is 3. The molecule has 9 rings (SSSR count). The van der Waals surface area contributed by atoms with Crippen molar-refractivity contribution < 1.29 is 32.9 Å². The van der Waals surface area contributed by atoms with Gasteiger partial charge in [0.1, 0.15) is 47.4 Å². The molecule has 0 aliphatic carbocycles. The molecule has 2 aromatic heterocycles. The lowest BCUT2D eigenvalue weighted by Crippen LogP contribution is -2.63. The second-order valence-electron chi connectivity index (χ2n) is 16.6. The fourth-order valence-corrected chi connectivity index (χ4v) is 9.66. The van der Waals surface area contributed by atoms with Crippen LogP contribution in [0.1, 0.15) is 65.4 Å². The zero-order valence-electron chi connectivity index (χ0n) is 30.6. The van der Waals surface area contributed by atoms with Gasteiger partial charge in [0.2, 0.25) is 5.88 Å². The van der Waals surface area contributed by atoms with Gasteiger partial charge in [0, 0.05) is 25.1 Å². The lowest BCUT2D eigenvalue weighted by atomic mass is 9.94. The van der Waals surface area contributed by atoms with Crippen molar-refractivity contribution in [1.29, 1.82) is 0 Å². The van der Waals surface area contributed by atoms with Gasteiger partial charge < -0.3 is 24.2 Å². The summed E-state index contributed by atoms with van der Waals surface area (Å²) in [5.74, 6) is 0.0116. The van der Waals surface area contributed by atoms with Crippen LogP contribution in [0.25, 0.3) is 32.9 Å². The van der Waals surface area contributed by atoms with E-state index in [9.17, 15) is 14.3 Å². The van der Waals surface area contributed by atoms with Gasteiger partial charge in [-0.25, -0.2) is 18.6 Å². The predicted molar refractivity (Wildman–Crippen MR) is 196 cm³/mol. The predicted octanol–water partition coefficient (Wildman–Crippen LogP) is 6.21. The van der Waals surface area contributed by atoms with Crippen molar-refractivity contribution in [2.75, 3.05) is 37.7 Å². The van der Waals surface area contributed by atoms with E-state index in [0.717, 1.165) is 48.6 Å². The van der Waals surface area contributed by atoms with Crippen LogP contribution in [-0.4, -0.2) is 110 Å². The van der Waals surface area contributed by atoms with E-state index in [1.165, 1.54) is 0 Å². The van der Waals surface area contributed by atoms with Crippen LogP contribution in [0.3, 0.4) is 0 Å². The van der Waals surface area contributed by atoms with Crippen LogP contribution < -0.4 is 14.4 Å². The van der Waals surface area contributed by atoms with Crippen LogP contribution in [0.2, 0.25) is 0 Å². The SMILES string of the molecule is CC(O)Cc1cccc2cccc(-c3nc4c5c(nc(OC[C@@]67CCCN6C[C@H](F)C7)nc5c3F)N3C[C@H]5CC[C@@H]([C@H]3CO4)N5C(=O)OC(C)(C)C)c12. The van der Waals surface area contributed by atoms with Gasteiger partial charge in [0.15, 0.2) is 5.82 Å². The van der Waals surface area contributed by atoms with Gasteiger partial charge in [-0.05, 0) is 82.7 Å². The Kier molecular flexibility index (Phi) is 8.19. The smallest absolute Gasteiger partial charge is 0.410 e. The number of ether oxygens (including phenoxy) is 3. The van der Waals surface area contributed by atoms with Gasteiger partial charge in [-0.1, -0.05) is 36.4 Å². The summed E-state index contributed by atoms with van der Waals surface area (Å²) in [6, 6.07) is 10.8. The summed E-state index contributed by atoms with van der Waals surface area (Å²) in [6.07, 6.45) is 2.16. The highest BCUT2D eigenvalue weighted by Crippen LogP contribution is 2.47. The summed E-state index contributed by atoms with van der Waals surface area (Å²) in [4.78, 5) is 34.3. The molecule has 7 heterocycles. The van der Waals surface area contributed by atoms with Crippen LogP contribution >= 0.6 is 0 Å². The largest absolute Gasteiger partial charge is 0.475 e. The van der Waals surface area contributed by atoms with E-state index in [0.29, 0.717) is 42.7 Å². The molecule has 4 fully saturated rings. The molecule has 0 spiro atoms. The molecule has 280 valence electrons. The number of aliphatic hydroxyl groups is 1. The highest BCUT2D eigenvalue weighted by molar-refractivity contribution is 6.02. The molecule has 5 aliphatic heterocycles. The van der Waals surface area contributed by atoms with Crippen molar-refractivity contribution in [3.63, 3.8) is 0 Å². The lowest BCUT2D eigenvalue weighted by Gasteiger charge is -2.46. The number of nitrogens with zero attached hydrogens (tertiary/aromatic N) is 6. The molecule has 5 aliphatic rings. The Hall–Kier alpha value is -4.36. The summed E-state index contributed by atoms with van der Waals surface area (Å²) in [5, 5.41) is 12.4. The number of piperazine rings is 1. The van der Waals surface area contributed by atoms with Crippen LogP contribution in [0.4, 0.5) is 19.4 Å². The minimum Gasteiger partial charge on any atom is -0.475 e. The summed E-state index contributed by atoms with van der Waals surface area (Å²) in [5.41, 5.74) is 0.407. The van der Waals surface area contributed by atoms with E-state index < -0.39 is 29.2 Å². The van der Waals surface area contributed by atoms with Crippen molar-refractivity contribution in [2.45, 2.75) is 108 Å². The number of anilines is 1. The molecule has 2 aromatic carbocycles. The minimum atomic E-state index is -0.927. The Morgan fingerprint density at radius 3 is 2.70 bits per heavy atom. The van der Waals surface area contributed by atoms with E-state index in [-0.39, 0.29) is 60.5 Å². The number of hydrogen-bond donors (Lipinski definition) is 1. The van der Waals surface area contributed by atoms with E-state index in [1.807, 2.05) is 62.1 Å². The van der Waals surface area contributed by atoms with Crippen LogP contribution in [0, 0.1) is 5.82 Å². The normalized spacial score (nSPS) is 27.1. The maximum absolute atomic E-state index is 17.4. The van der Waals surface area contributed by atoms with Gasteiger partial charge in [-0.2, -0.15) is 9.97 Å². The van der Waals surface area contributed by atoms with Crippen molar-refractivity contribution >= 4 is 33.6 Å². The second kappa shape index (κ2) is 12.6. The Morgan fingerprint density at radius 1 is 1.09 bits per heavy atom. The van der Waals surface area contributed by atoms with Gasteiger partial charge in [-0.3, -0.25) is 9.80 Å². The second-order valence-corrected chi connectivity index (χ2v) is 16.6. The van der Waals surface area contributed by atoms with Gasteiger partial charge in [0.05, 0.1) is 29.8 Å². The average molecular weight is 729 g/mol. The average Bonchev–Trinajstić information content (AvgIpc) is 3.71. The monoisotopic (exact) mass is 728 g/mol. The lowest BCUT2D eigenvalue weighted by molar-refractivity contribution is 0.00538. The standard InChI is InChI=1S/C40H46F2N6O5/c1-22(49)16-24-10-5-8-23-9-6-11-27(30(23)24)33-32(42)34-31-35(45-37(44-34)52-21-40-14-7-15-46(40)18-25(41)17-40)47-19-26-12-13-28(29(47)20-51-36(31)43-33)48(26)38(50)53-39(2,3)4/h5-6,8-11,22,25-26,28-29,49H,7,12-21H2,1-4H3/t22?,25-,26-,28+,29-,40+/m1/s1. The first kappa shape index (κ1) is 34.4. The molecular formula is C40H46F2N6O5. The molecular weight excluding hydrogens is 682 g/mol. The van der Waals surface area contributed by atoms with E-state index in [2.05, 4.69) is 9.80 Å². The summed E-state index contributed by atoms with van der Waals surface area (Å²) >= 11 is 0. The number of carbonyl (C=O) groups excluding carboxylic acids is 1. The molecule has 1 amide bonds. The van der Waals surface area contributed by atoms with Gasteiger partial charge in [-0.15, -0.1) is 0 Å². The first-order valence-electron chi connectivity index (χ1n) is 18.9. The van der Waals surface area contributed by atoms with Crippen molar-refractivity contribution in [1.82, 2.24) is 24.8 Å². The van der Waals surface area contributed by atoms with E-state index in [1.54, 1.807) is 6.92 Å². The Labute approximate surface area is 307 Å². The molecule has 53 heavy (non-hydrogen) atoms. The number of benzene rings is 2. The molecule has 1 N–H and O–H groups in total. The Bertz CT molecular complexity index is 2100. The number of fused-ring (bicyclic) bond motifs is 7. The van der Waals surface area contributed by atoms with Gasteiger partial charge >= 0.3 is 12.1 Å². The zero-order valence-corrected chi connectivity index (χ0v) is 30.6. The highest BCUT2D eigenvalue weighted by atomic mass is 19.1. The number of alkyl halides is 1. The number of halogens is 2. The Balaban J connectivity index is 1.19. The molecule has 1 unspecified atom stereocenters. The summed E-state index contributed by atoms with van der Waals surface area (Å²) in [6.45, 7) is 9.30. The fourth-order valence-electron chi connectivity index (χ4n) is 9.66. The number of hydrogen-bond acceptors (Lipinski definition) is 10. The van der Waals surface area contributed by atoms with Crippen LogP contribution in [0.5, 0.6) is 11.9 Å². The number of aliphatic hydroxyl groups excluding tert-OH is 1. The number of rotatable bonds is 6. The van der Waals surface area contributed by atoms with Crippen LogP contribution in [0.15, 0.2) is 36.4 Å². The van der Waals surface area contributed by atoms with E-state index >= 15 is 4.39 Å². The third-order valence-electron chi connectivity index (χ3n) is 11.8. The maximum Gasteiger partial charge on any atom is 0.410 e. The number of pyridine rings is 1. The number of amides is 1. The quantitative estimate of drug-likeness (QED) is 0.246. The molecule has 4 aromatic rings. The molecule has 13 heteroatoms. The summed E-state index contributed by atoms with van der Waals surface area (Å²) in [7, 11) is 0. The molecule has 4 saturated heterocycles. The van der Waals surface area contributed by atoms with Gasteiger partial charge in [0.25, 0.3) is 0 Å². The minimum absolute atomic E-state index is 0.00770. The fraction of sp³-hybridized carbons (Fsp3) is 0.550. The van der Waals surface area contributed by atoms with Crippen molar-refractivity contribution in [2.24, 2.45) is 0 Å². The maximum atomic E-state index is 17.4. The topological polar surface area (TPSA) is 113 Å². The van der Waals surface area contributed by atoms with Crippen LogP contribution in [-0.2, 0) is 11.2 Å². The Morgan fingerprint density at radius 2 is 1.91 bits per heavy atom. The highest BCUT2D eigenvalue weighted by Gasteiger charge is 2.52. The van der Waals surface area contributed by atoms with E-state index in [4.69, 9.17) is 29.2 Å². The molecule has 6 atom stereocenters. The molecule has 2 bridgehead atoms. The molecule has 0 radical (unpaired) electrons. The molecule has 11 nitrogen and oxygen atoms in total. The zero-order chi connectivity index (χ0) is 36.8. The number of carbonyl (C=O) groups is 1. The first-order chi connectivity index (χ1) is 25.4. The third kappa shape index (κ3) is 5.81. The molecule has 0 saturated carbocycles. The van der Waals surface area contributed by atoms with Crippen molar-refractivity contribution in [3.05, 3.63) is 47.8 Å². The first-order valence-corrected chi connectivity index (χ1v) is 18.9. The van der Waals surface area contributed by atoms with Crippen molar-refractivity contribution in [3.8, 4) is 23.1 Å². The third-order valence-corrected chi connectivity index (χ3v) is 11.8.